The molecule has 0 bridgehead atoms. The second-order valence-electron chi connectivity index (χ2n) is 5.96. The first kappa shape index (κ1) is 16.7. The van der Waals surface area contributed by atoms with Crippen LogP contribution in [0, 0.1) is 5.92 Å². The first-order valence-electron chi connectivity index (χ1n) is 7.88. The molecule has 0 radical (unpaired) electrons. The van der Waals surface area contributed by atoms with Crippen molar-refractivity contribution in [1.29, 1.82) is 0 Å². The van der Waals surface area contributed by atoms with Crippen LogP contribution < -0.4 is 5.32 Å². The number of anilines is 1. The Balaban J connectivity index is 1.54. The highest BCUT2D eigenvalue weighted by molar-refractivity contribution is 6.30. The van der Waals surface area contributed by atoms with Crippen molar-refractivity contribution in [3.63, 3.8) is 0 Å². The smallest absolute Gasteiger partial charge is 0.324 e. The Morgan fingerprint density at radius 2 is 2.00 bits per heavy atom. The van der Waals surface area contributed by atoms with Crippen LogP contribution in [0.1, 0.15) is 24.5 Å². The fraction of sp³-hybridized carbons (Fsp3) is 0.438. The van der Waals surface area contributed by atoms with Gasteiger partial charge in [-0.3, -0.25) is 5.32 Å². The summed E-state index contributed by atoms with van der Waals surface area (Å²) >= 11 is 5.88. The van der Waals surface area contributed by atoms with Gasteiger partial charge in [-0.25, -0.2) is 9.48 Å². The molecule has 2 N–H and O–H groups in total. The topological polar surface area (TPSA) is 83.3 Å². The van der Waals surface area contributed by atoms with Gasteiger partial charge in [-0.1, -0.05) is 23.7 Å². The monoisotopic (exact) mass is 349 g/mol. The van der Waals surface area contributed by atoms with E-state index in [1.807, 2.05) is 12.1 Å². The summed E-state index contributed by atoms with van der Waals surface area (Å²) in [7, 11) is 1.72. The molecular formula is C16H20ClN5O2. The van der Waals surface area contributed by atoms with Crippen LogP contribution in [0.5, 0.6) is 0 Å². The molecule has 1 fully saturated rings. The van der Waals surface area contributed by atoms with Crippen LogP contribution in [0.3, 0.4) is 0 Å². The highest BCUT2D eigenvalue weighted by Gasteiger charge is 2.28. The standard InChI is InChI=1S/C16H20ClN5O2/c1-21-15(18-10-19-21)20-16(24)22-8-6-12(7-9-22)14(23)11-2-4-13(17)5-3-11/h2-5,10,12,14,23H,6-9H2,1H3,(H,18,19,20,24). The molecule has 0 aliphatic carbocycles. The summed E-state index contributed by atoms with van der Waals surface area (Å²) in [4.78, 5) is 18.0. The number of benzene rings is 1. The van der Waals surface area contributed by atoms with Crippen molar-refractivity contribution < 1.29 is 9.90 Å². The van der Waals surface area contributed by atoms with Gasteiger partial charge in [-0.15, -0.1) is 0 Å². The van der Waals surface area contributed by atoms with Gasteiger partial charge in [0.25, 0.3) is 0 Å². The lowest BCUT2D eigenvalue weighted by Crippen LogP contribution is -2.42. The lowest BCUT2D eigenvalue weighted by atomic mass is 9.87. The number of aromatic nitrogens is 3. The van der Waals surface area contributed by atoms with E-state index in [0.717, 1.165) is 18.4 Å². The number of urea groups is 1. The molecule has 7 nitrogen and oxygen atoms in total. The van der Waals surface area contributed by atoms with Gasteiger partial charge in [0.15, 0.2) is 0 Å². The number of halogens is 1. The predicted molar refractivity (Wildman–Crippen MR) is 90.7 cm³/mol. The van der Waals surface area contributed by atoms with Gasteiger partial charge in [0.2, 0.25) is 5.95 Å². The van der Waals surface area contributed by atoms with Gasteiger partial charge in [0.05, 0.1) is 6.10 Å². The second-order valence-corrected chi connectivity index (χ2v) is 6.39. The molecule has 2 heterocycles. The van der Waals surface area contributed by atoms with Crippen molar-refractivity contribution in [1.82, 2.24) is 19.7 Å². The normalized spacial score (nSPS) is 16.9. The van der Waals surface area contributed by atoms with Crippen molar-refractivity contribution in [2.75, 3.05) is 18.4 Å². The fourth-order valence-electron chi connectivity index (χ4n) is 2.93. The molecule has 1 aromatic heterocycles. The van der Waals surface area contributed by atoms with Crippen molar-refractivity contribution in [2.45, 2.75) is 18.9 Å². The summed E-state index contributed by atoms with van der Waals surface area (Å²) in [5.41, 5.74) is 0.862. The molecular weight excluding hydrogens is 330 g/mol. The predicted octanol–water partition coefficient (Wildman–Crippen LogP) is 2.45. The minimum atomic E-state index is -0.536. The van der Waals surface area contributed by atoms with Crippen LogP contribution in [0.2, 0.25) is 5.02 Å². The van der Waals surface area contributed by atoms with E-state index in [1.54, 1.807) is 24.1 Å². The van der Waals surface area contributed by atoms with E-state index in [9.17, 15) is 9.90 Å². The van der Waals surface area contributed by atoms with E-state index in [4.69, 9.17) is 11.6 Å². The van der Waals surface area contributed by atoms with E-state index in [2.05, 4.69) is 15.4 Å². The largest absolute Gasteiger partial charge is 0.388 e. The lowest BCUT2D eigenvalue weighted by Gasteiger charge is -2.34. The minimum absolute atomic E-state index is 0.130. The Morgan fingerprint density at radius 1 is 1.33 bits per heavy atom. The summed E-state index contributed by atoms with van der Waals surface area (Å²) in [6.07, 6.45) is 2.35. The molecule has 8 heteroatoms. The highest BCUT2D eigenvalue weighted by atomic mass is 35.5. The number of rotatable bonds is 3. The molecule has 1 aliphatic rings. The van der Waals surface area contributed by atoms with Crippen molar-refractivity contribution in [2.24, 2.45) is 13.0 Å². The number of hydrogen-bond acceptors (Lipinski definition) is 4. The molecule has 1 unspecified atom stereocenters. The third-order valence-corrected chi connectivity index (χ3v) is 4.67. The summed E-state index contributed by atoms with van der Waals surface area (Å²) in [5.74, 6) is 0.549. The molecule has 2 aromatic rings. The minimum Gasteiger partial charge on any atom is -0.388 e. The number of nitrogens with one attached hydrogen (secondary N) is 1. The molecule has 128 valence electrons. The molecule has 0 saturated carbocycles. The van der Waals surface area contributed by atoms with Gasteiger partial charge in [0, 0.05) is 25.2 Å². The Bertz CT molecular complexity index is 695. The summed E-state index contributed by atoms with van der Waals surface area (Å²) < 4.78 is 1.51. The van der Waals surface area contributed by atoms with E-state index < -0.39 is 6.10 Å². The third kappa shape index (κ3) is 3.68. The van der Waals surface area contributed by atoms with Crippen LogP contribution in [0.15, 0.2) is 30.6 Å². The number of carbonyl (C=O) groups excluding carboxylic acids is 1. The van der Waals surface area contributed by atoms with Gasteiger partial charge < -0.3 is 10.0 Å². The number of hydrogen-bond donors (Lipinski definition) is 2. The first-order valence-corrected chi connectivity index (χ1v) is 8.26. The SMILES string of the molecule is Cn1ncnc1NC(=O)N1CCC(C(O)c2ccc(Cl)cc2)CC1. The zero-order valence-corrected chi connectivity index (χ0v) is 14.1. The number of aryl methyl sites for hydroxylation is 1. The summed E-state index contributed by atoms with van der Waals surface area (Å²) in [5, 5.41) is 17.8. The fourth-order valence-corrected chi connectivity index (χ4v) is 3.06. The van der Waals surface area contributed by atoms with E-state index >= 15 is 0 Å². The number of carbonyl (C=O) groups is 1. The van der Waals surface area contributed by atoms with Crippen molar-refractivity contribution in [3.05, 3.63) is 41.2 Å². The van der Waals surface area contributed by atoms with Crippen LogP contribution in [0.25, 0.3) is 0 Å². The molecule has 1 aliphatic heterocycles. The van der Waals surface area contributed by atoms with Gasteiger partial charge >= 0.3 is 6.03 Å². The first-order chi connectivity index (χ1) is 11.5. The number of aliphatic hydroxyl groups is 1. The zero-order chi connectivity index (χ0) is 17.1. The lowest BCUT2D eigenvalue weighted by molar-refractivity contribution is 0.0683. The van der Waals surface area contributed by atoms with E-state index in [-0.39, 0.29) is 11.9 Å². The van der Waals surface area contributed by atoms with Crippen molar-refractivity contribution in [3.8, 4) is 0 Å². The molecule has 3 rings (SSSR count). The summed E-state index contributed by atoms with van der Waals surface area (Å²) in [6.45, 7) is 1.19. The Morgan fingerprint density at radius 3 is 2.58 bits per heavy atom. The van der Waals surface area contributed by atoms with E-state index in [0.29, 0.717) is 24.1 Å². The quantitative estimate of drug-likeness (QED) is 0.891. The Kier molecular flexibility index (Phi) is 5.01. The molecule has 2 amide bonds. The maximum atomic E-state index is 12.3. The van der Waals surface area contributed by atoms with Gasteiger partial charge in [-0.2, -0.15) is 10.1 Å². The molecule has 0 spiro atoms. The molecule has 1 aromatic carbocycles. The van der Waals surface area contributed by atoms with Crippen LogP contribution in [-0.4, -0.2) is 43.9 Å². The number of amides is 2. The van der Waals surface area contributed by atoms with Crippen LogP contribution in [-0.2, 0) is 7.05 Å². The molecule has 1 atom stereocenters. The molecule has 1 saturated heterocycles. The zero-order valence-electron chi connectivity index (χ0n) is 13.4. The number of nitrogens with zero attached hydrogens (tertiary/aromatic N) is 4. The number of aliphatic hydroxyl groups excluding tert-OH is 1. The highest BCUT2D eigenvalue weighted by Crippen LogP contribution is 2.31. The maximum Gasteiger partial charge on any atom is 0.324 e. The Hall–Kier alpha value is -2.12. The average Bonchev–Trinajstić information content (AvgIpc) is 3.00. The van der Waals surface area contributed by atoms with E-state index in [1.165, 1.54) is 11.0 Å². The second kappa shape index (κ2) is 7.19. The summed E-state index contributed by atoms with van der Waals surface area (Å²) in [6, 6.07) is 7.07. The van der Waals surface area contributed by atoms with Crippen LogP contribution >= 0.6 is 11.6 Å². The van der Waals surface area contributed by atoms with Crippen molar-refractivity contribution >= 4 is 23.6 Å². The average molecular weight is 350 g/mol. The third-order valence-electron chi connectivity index (χ3n) is 4.42. The molecule has 24 heavy (non-hydrogen) atoms. The van der Waals surface area contributed by atoms with Crippen LogP contribution in [0.4, 0.5) is 10.7 Å². The Labute approximate surface area is 145 Å². The maximum absolute atomic E-state index is 12.3. The number of piperidine rings is 1. The number of likely N-dealkylation sites (tertiary alicyclic amines) is 1. The van der Waals surface area contributed by atoms with Gasteiger partial charge in [-0.05, 0) is 36.5 Å². The van der Waals surface area contributed by atoms with Gasteiger partial charge in [0.1, 0.15) is 6.33 Å².